The highest BCUT2D eigenvalue weighted by Gasteiger charge is 2.29. The second-order valence-corrected chi connectivity index (χ2v) is 3.76. The molecule has 106 valence electrons. The third kappa shape index (κ3) is 4.20. The molecule has 0 spiro atoms. The van der Waals surface area contributed by atoms with Gasteiger partial charge in [0.2, 0.25) is 6.20 Å². The zero-order valence-electron chi connectivity index (χ0n) is 10.9. The molecule has 1 rings (SSSR count). The second-order valence-electron chi connectivity index (χ2n) is 3.76. The lowest BCUT2D eigenvalue weighted by Crippen LogP contribution is -2.19. The number of carbonyl (C=O) groups excluding carboxylic acids is 2. The number of methoxy groups -OCH3 is 1. The van der Waals surface area contributed by atoms with Crippen molar-refractivity contribution in [2.45, 2.75) is 13.0 Å². The molecule has 0 N–H and O–H groups in total. The van der Waals surface area contributed by atoms with Crippen LogP contribution in [0.2, 0.25) is 0 Å². The third-order valence-corrected chi connectivity index (χ3v) is 2.33. The van der Waals surface area contributed by atoms with E-state index in [0.29, 0.717) is 11.8 Å². The van der Waals surface area contributed by atoms with Crippen LogP contribution in [-0.2, 0) is 19.1 Å². The molecular weight excluding hydrogens is 266 g/mol. The predicted octanol–water partition coefficient (Wildman–Crippen LogP) is 1.62. The number of rotatable bonds is 5. The van der Waals surface area contributed by atoms with Crippen molar-refractivity contribution in [3.8, 4) is 0 Å². The molecule has 0 radical (unpaired) electrons. The summed E-state index contributed by atoms with van der Waals surface area (Å²) in [6.07, 6.45) is -0.710. The van der Waals surface area contributed by atoms with Crippen LogP contribution in [0.15, 0.2) is 42.1 Å². The molecule has 0 heterocycles. The molecule has 7 nitrogen and oxygen atoms in total. The maximum atomic E-state index is 11.7. The standard InChI is InChI=1S/C13H13NO6/c1-9(15)20-12(10-6-4-3-5-7-10)11(8-14(17)18)13(16)19-2/h3-8,12H,1-2H3/b11-8-. The molecule has 1 aromatic rings. The lowest BCUT2D eigenvalue weighted by Gasteiger charge is -2.17. The van der Waals surface area contributed by atoms with Crippen molar-refractivity contribution in [1.82, 2.24) is 0 Å². The van der Waals surface area contributed by atoms with Gasteiger partial charge in [0.05, 0.1) is 12.0 Å². The van der Waals surface area contributed by atoms with E-state index in [2.05, 4.69) is 4.74 Å². The third-order valence-electron chi connectivity index (χ3n) is 2.33. The van der Waals surface area contributed by atoms with Gasteiger partial charge >= 0.3 is 11.9 Å². The summed E-state index contributed by atoms with van der Waals surface area (Å²) in [6, 6.07) is 8.22. The van der Waals surface area contributed by atoms with Crippen molar-refractivity contribution < 1.29 is 24.0 Å². The van der Waals surface area contributed by atoms with Crippen LogP contribution in [0, 0.1) is 10.1 Å². The Morgan fingerprint density at radius 1 is 1.30 bits per heavy atom. The van der Waals surface area contributed by atoms with E-state index in [1.165, 1.54) is 0 Å². The van der Waals surface area contributed by atoms with E-state index < -0.39 is 23.0 Å². The van der Waals surface area contributed by atoms with E-state index in [9.17, 15) is 19.7 Å². The lowest BCUT2D eigenvalue weighted by atomic mass is 10.0. The average Bonchev–Trinajstić information content (AvgIpc) is 2.42. The minimum Gasteiger partial charge on any atom is -0.465 e. The molecule has 0 amide bonds. The summed E-state index contributed by atoms with van der Waals surface area (Å²) in [4.78, 5) is 32.6. The van der Waals surface area contributed by atoms with E-state index >= 15 is 0 Å². The summed E-state index contributed by atoms with van der Waals surface area (Å²) in [6.45, 7) is 1.15. The molecule has 0 fully saturated rings. The van der Waals surface area contributed by atoms with E-state index in [1.54, 1.807) is 30.3 Å². The minimum atomic E-state index is -1.19. The van der Waals surface area contributed by atoms with Crippen LogP contribution in [0.1, 0.15) is 18.6 Å². The van der Waals surface area contributed by atoms with Crippen LogP contribution in [-0.4, -0.2) is 24.0 Å². The molecule has 0 saturated heterocycles. The molecule has 20 heavy (non-hydrogen) atoms. The number of nitrogens with zero attached hydrogens (tertiary/aromatic N) is 1. The van der Waals surface area contributed by atoms with E-state index in [0.717, 1.165) is 14.0 Å². The number of esters is 2. The Balaban J connectivity index is 3.29. The Bertz CT molecular complexity index is 537. The van der Waals surface area contributed by atoms with Crippen molar-refractivity contribution in [1.29, 1.82) is 0 Å². The molecular formula is C13H13NO6. The Hall–Kier alpha value is -2.70. The fourth-order valence-electron chi connectivity index (χ4n) is 1.56. The SMILES string of the molecule is COC(=O)/C(=C\[N+](=O)[O-])C(OC(C)=O)c1ccccc1. The summed E-state index contributed by atoms with van der Waals surface area (Å²) >= 11 is 0. The Kier molecular flexibility index (Phi) is 5.40. The Morgan fingerprint density at radius 2 is 1.90 bits per heavy atom. The Labute approximate surface area is 114 Å². The van der Waals surface area contributed by atoms with Gasteiger partial charge in [-0.25, -0.2) is 4.79 Å². The Morgan fingerprint density at radius 3 is 2.35 bits per heavy atom. The van der Waals surface area contributed by atoms with Crippen LogP contribution in [0.5, 0.6) is 0 Å². The van der Waals surface area contributed by atoms with Crippen molar-refractivity contribution in [2.75, 3.05) is 7.11 Å². The smallest absolute Gasteiger partial charge is 0.344 e. The number of hydrogen-bond acceptors (Lipinski definition) is 6. The van der Waals surface area contributed by atoms with Gasteiger partial charge in [-0.1, -0.05) is 30.3 Å². The van der Waals surface area contributed by atoms with Gasteiger partial charge in [-0.3, -0.25) is 14.9 Å². The van der Waals surface area contributed by atoms with Gasteiger partial charge < -0.3 is 9.47 Å². The maximum absolute atomic E-state index is 11.7. The summed E-state index contributed by atoms with van der Waals surface area (Å²) in [5.74, 6) is -1.60. The van der Waals surface area contributed by atoms with Crippen LogP contribution in [0.4, 0.5) is 0 Å². The highest BCUT2D eigenvalue weighted by Crippen LogP contribution is 2.27. The largest absolute Gasteiger partial charge is 0.465 e. The summed E-state index contributed by atoms with van der Waals surface area (Å²) < 4.78 is 9.50. The number of carbonyl (C=O) groups is 2. The van der Waals surface area contributed by atoms with Gasteiger partial charge in [-0.05, 0) is 5.56 Å². The molecule has 0 saturated carbocycles. The lowest BCUT2D eigenvalue weighted by molar-refractivity contribution is -0.403. The van der Waals surface area contributed by atoms with E-state index in [-0.39, 0.29) is 5.57 Å². The molecule has 0 aromatic heterocycles. The topological polar surface area (TPSA) is 95.7 Å². The fraction of sp³-hybridized carbons (Fsp3) is 0.231. The number of benzene rings is 1. The second kappa shape index (κ2) is 7.03. The first-order chi connectivity index (χ1) is 9.45. The van der Waals surface area contributed by atoms with Gasteiger partial charge in [-0.15, -0.1) is 0 Å². The number of hydrogen-bond donors (Lipinski definition) is 0. The van der Waals surface area contributed by atoms with Crippen LogP contribution in [0.3, 0.4) is 0 Å². The summed E-state index contributed by atoms with van der Waals surface area (Å²) in [5, 5.41) is 10.6. The minimum absolute atomic E-state index is 0.362. The molecule has 0 aliphatic carbocycles. The van der Waals surface area contributed by atoms with E-state index in [4.69, 9.17) is 4.74 Å². The number of ether oxygens (including phenoxy) is 2. The molecule has 0 aliphatic heterocycles. The monoisotopic (exact) mass is 279 g/mol. The molecule has 1 atom stereocenters. The maximum Gasteiger partial charge on any atom is 0.344 e. The first-order valence-electron chi connectivity index (χ1n) is 5.61. The first kappa shape index (κ1) is 15.4. The zero-order valence-corrected chi connectivity index (χ0v) is 10.9. The van der Waals surface area contributed by atoms with Crippen molar-refractivity contribution in [3.63, 3.8) is 0 Å². The summed E-state index contributed by atoms with van der Waals surface area (Å²) in [5.41, 5.74) is 0.0695. The highest BCUT2D eigenvalue weighted by atomic mass is 16.6. The molecule has 1 unspecified atom stereocenters. The first-order valence-corrected chi connectivity index (χ1v) is 5.61. The summed E-state index contributed by atoms with van der Waals surface area (Å²) in [7, 11) is 1.09. The van der Waals surface area contributed by atoms with Gasteiger partial charge in [0.25, 0.3) is 0 Å². The average molecular weight is 279 g/mol. The van der Waals surface area contributed by atoms with Gasteiger partial charge in [0, 0.05) is 6.92 Å². The molecule has 7 heteroatoms. The van der Waals surface area contributed by atoms with E-state index in [1.807, 2.05) is 0 Å². The predicted molar refractivity (Wildman–Crippen MR) is 68.0 cm³/mol. The number of nitro groups is 1. The van der Waals surface area contributed by atoms with Gasteiger partial charge in [0.15, 0.2) is 11.7 Å². The van der Waals surface area contributed by atoms with Crippen molar-refractivity contribution in [3.05, 3.63) is 57.8 Å². The van der Waals surface area contributed by atoms with Crippen LogP contribution in [0.25, 0.3) is 0 Å². The molecule has 1 aromatic carbocycles. The molecule has 0 bridgehead atoms. The van der Waals surface area contributed by atoms with Gasteiger partial charge in [-0.2, -0.15) is 0 Å². The van der Waals surface area contributed by atoms with Crippen molar-refractivity contribution >= 4 is 11.9 Å². The van der Waals surface area contributed by atoms with Crippen LogP contribution >= 0.6 is 0 Å². The normalized spacial score (nSPS) is 12.4. The fourth-order valence-corrected chi connectivity index (χ4v) is 1.56. The van der Waals surface area contributed by atoms with Crippen LogP contribution < -0.4 is 0 Å². The van der Waals surface area contributed by atoms with Crippen molar-refractivity contribution in [2.24, 2.45) is 0 Å². The quantitative estimate of drug-likeness (QED) is 0.352. The van der Waals surface area contributed by atoms with Gasteiger partial charge in [0.1, 0.15) is 0 Å². The highest BCUT2D eigenvalue weighted by molar-refractivity contribution is 5.90. The zero-order chi connectivity index (χ0) is 15.1. The molecule has 0 aliphatic rings.